The second-order valence-corrected chi connectivity index (χ2v) is 5.98. The Kier molecular flexibility index (Phi) is 3.60. The second kappa shape index (κ2) is 5.40. The zero-order chi connectivity index (χ0) is 14.1. The molecule has 1 aliphatic rings. The lowest BCUT2D eigenvalue weighted by Crippen LogP contribution is -2.28. The SMILES string of the molecule is Cn1cc(Br)cc1C(=O)NCCn1cnnc1C1CC1. The van der Waals surface area contributed by atoms with Crippen LogP contribution in [-0.2, 0) is 13.6 Å². The van der Waals surface area contributed by atoms with E-state index in [1.54, 1.807) is 10.9 Å². The highest BCUT2D eigenvalue weighted by atomic mass is 79.9. The largest absolute Gasteiger partial charge is 0.349 e. The van der Waals surface area contributed by atoms with Gasteiger partial charge in [0.05, 0.1) is 0 Å². The van der Waals surface area contributed by atoms with Crippen LogP contribution >= 0.6 is 15.9 Å². The summed E-state index contributed by atoms with van der Waals surface area (Å²) < 4.78 is 4.73. The van der Waals surface area contributed by atoms with Gasteiger partial charge in [0.1, 0.15) is 17.8 Å². The number of hydrogen-bond acceptors (Lipinski definition) is 3. The van der Waals surface area contributed by atoms with E-state index >= 15 is 0 Å². The van der Waals surface area contributed by atoms with Crippen LogP contribution in [0.1, 0.15) is 35.1 Å². The van der Waals surface area contributed by atoms with Crippen LogP contribution in [0.2, 0.25) is 0 Å². The summed E-state index contributed by atoms with van der Waals surface area (Å²) in [7, 11) is 1.85. The van der Waals surface area contributed by atoms with Crippen molar-refractivity contribution in [1.29, 1.82) is 0 Å². The second-order valence-electron chi connectivity index (χ2n) is 5.07. The number of amides is 1. The van der Waals surface area contributed by atoms with Crippen molar-refractivity contribution in [3.63, 3.8) is 0 Å². The molecule has 1 amide bonds. The number of carbonyl (C=O) groups is 1. The molecule has 0 atom stereocenters. The Morgan fingerprint density at radius 3 is 3.00 bits per heavy atom. The first-order chi connectivity index (χ1) is 9.65. The minimum absolute atomic E-state index is 0.0701. The Labute approximate surface area is 125 Å². The van der Waals surface area contributed by atoms with Crippen molar-refractivity contribution in [3.8, 4) is 0 Å². The van der Waals surface area contributed by atoms with Crippen molar-refractivity contribution in [2.75, 3.05) is 6.54 Å². The van der Waals surface area contributed by atoms with Crippen LogP contribution in [0.3, 0.4) is 0 Å². The molecule has 0 unspecified atom stereocenters. The number of carbonyl (C=O) groups excluding carboxylic acids is 1. The lowest BCUT2D eigenvalue weighted by atomic mass is 10.4. The molecule has 0 aromatic carbocycles. The topological polar surface area (TPSA) is 64.7 Å². The average molecular weight is 338 g/mol. The van der Waals surface area contributed by atoms with Crippen LogP contribution in [-0.4, -0.2) is 31.8 Å². The summed E-state index contributed by atoms with van der Waals surface area (Å²) in [5, 5.41) is 11.0. The van der Waals surface area contributed by atoms with Crippen molar-refractivity contribution in [2.45, 2.75) is 25.3 Å². The molecule has 2 aromatic rings. The molecule has 106 valence electrons. The number of rotatable bonds is 5. The summed E-state index contributed by atoms with van der Waals surface area (Å²) in [5.74, 6) is 1.54. The average Bonchev–Trinajstić information content (AvgIpc) is 3.05. The lowest BCUT2D eigenvalue weighted by molar-refractivity contribution is 0.0944. The van der Waals surface area contributed by atoms with Crippen LogP contribution in [0.4, 0.5) is 0 Å². The van der Waals surface area contributed by atoms with E-state index in [2.05, 4.69) is 31.4 Å². The molecule has 3 rings (SSSR count). The smallest absolute Gasteiger partial charge is 0.267 e. The van der Waals surface area contributed by atoms with E-state index in [4.69, 9.17) is 0 Å². The van der Waals surface area contributed by atoms with E-state index in [0.717, 1.165) is 10.3 Å². The fraction of sp³-hybridized carbons (Fsp3) is 0.462. The Morgan fingerprint density at radius 1 is 1.55 bits per heavy atom. The van der Waals surface area contributed by atoms with Gasteiger partial charge < -0.3 is 14.5 Å². The first-order valence-electron chi connectivity index (χ1n) is 6.63. The molecule has 0 aliphatic heterocycles. The van der Waals surface area contributed by atoms with Crippen molar-refractivity contribution < 1.29 is 4.79 Å². The fourth-order valence-corrected chi connectivity index (χ4v) is 2.75. The van der Waals surface area contributed by atoms with Gasteiger partial charge in [0.25, 0.3) is 5.91 Å². The van der Waals surface area contributed by atoms with E-state index in [0.29, 0.717) is 24.7 Å². The first kappa shape index (κ1) is 13.4. The van der Waals surface area contributed by atoms with Crippen molar-refractivity contribution >= 4 is 21.8 Å². The van der Waals surface area contributed by atoms with Gasteiger partial charge in [-0.1, -0.05) is 0 Å². The quantitative estimate of drug-likeness (QED) is 0.902. The van der Waals surface area contributed by atoms with Crippen LogP contribution in [0.15, 0.2) is 23.1 Å². The predicted octanol–water partition coefficient (Wildman–Crippen LogP) is 1.69. The summed E-state index contributed by atoms with van der Waals surface area (Å²) in [6, 6.07) is 1.81. The van der Waals surface area contributed by atoms with Crippen LogP contribution in [0, 0.1) is 0 Å². The van der Waals surface area contributed by atoms with Crippen molar-refractivity contribution in [1.82, 2.24) is 24.6 Å². The Hall–Kier alpha value is -1.63. The molecule has 2 aromatic heterocycles. The molecule has 1 fully saturated rings. The number of aryl methyl sites for hydroxylation is 1. The third kappa shape index (κ3) is 2.77. The molecule has 0 radical (unpaired) electrons. The molecule has 0 spiro atoms. The number of hydrogen-bond donors (Lipinski definition) is 1. The third-order valence-electron chi connectivity index (χ3n) is 3.43. The molecule has 1 N–H and O–H groups in total. The molecule has 7 heteroatoms. The molecule has 6 nitrogen and oxygen atoms in total. The number of halogens is 1. The lowest BCUT2D eigenvalue weighted by Gasteiger charge is -2.08. The van der Waals surface area contributed by atoms with Crippen LogP contribution < -0.4 is 5.32 Å². The van der Waals surface area contributed by atoms with E-state index in [1.165, 1.54) is 12.8 Å². The number of aromatic nitrogens is 4. The highest BCUT2D eigenvalue weighted by Gasteiger charge is 2.28. The molecule has 20 heavy (non-hydrogen) atoms. The molecule has 1 saturated carbocycles. The van der Waals surface area contributed by atoms with Gasteiger partial charge in [-0.25, -0.2) is 0 Å². The van der Waals surface area contributed by atoms with E-state index in [1.807, 2.05) is 23.9 Å². The van der Waals surface area contributed by atoms with Crippen molar-refractivity contribution in [3.05, 3.63) is 34.6 Å². The van der Waals surface area contributed by atoms with Gasteiger partial charge in [0, 0.05) is 36.7 Å². The van der Waals surface area contributed by atoms with Gasteiger partial charge in [0.15, 0.2) is 0 Å². The van der Waals surface area contributed by atoms with Crippen LogP contribution in [0.25, 0.3) is 0 Å². The first-order valence-corrected chi connectivity index (χ1v) is 7.42. The maximum Gasteiger partial charge on any atom is 0.267 e. The van der Waals surface area contributed by atoms with E-state index in [-0.39, 0.29) is 5.91 Å². The summed E-state index contributed by atoms with van der Waals surface area (Å²) in [5.41, 5.74) is 0.642. The fourth-order valence-electron chi connectivity index (χ4n) is 2.22. The summed E-state index contributed by atoms with van der Waals surface area (Å²) in [6.07, 6.45) is 5.99. The summed E-state index contributed by atoms with van der Waals surface area (Å²) in [4.78, 5) is 12.0. The normalized spacial score (nSPS) is 14.5. The Morgan fingerprint density at radius 2 is 2.35 bits per heavy atom. The van der Waals surface area contributed by atoms with Gasteiger partial charge in [-0.2, -0.15) is 0 Å². The van der Waals surface area contributed by atoms with Gasteiger partial charge in [-0.05, 0) is 34.8 Å². The summed E-state index contributed by atoms with van der Waals surface area (Å²) >= 11 is 3.36. The maximum absolute atomic E-state index is 12.0. The third-order valence-corrected chi connectivity index (χ3v) is 3.86. The number of nitrogens with zero attached hydrogens (tertiary/aromatic N) is 4. The van der Waals surface area contributed by atoms with Crippen LogP contribution in [0.5, 0.6) is 0 Å². The molecule has 0 saturated heterocycles. The van der Waals surface area contributed by atoms with E-state index in [9.17, 15) is 4.79 Å². The van der Waals surface area contributed by atoms with Gasteiger partial charge in [-0.15, -0.1) is 10.2 Å². The zero-order valence-electron chi connectivity index (χ0n) is 11.2. The minimum Gasteiger partial charge on any atom is -0.349 e. The highest BCUT2D eigenvalue weighted by molar-refractivity contribution is 9.10. The Balaban J connectivity index is 1.56. The monoisotopic (exact) mass is 337 g/mol. The van der Waals surface area contributed by atoms with Gasteiger partial charge >= 0.3 is 0 Å². The maximum atomic E-state index is 12.0. The molecule has 2 heterocycles. The zero-order valence-corrected chi connectivity index (χ0v) is 12.8. The molecule has 0 bridgehead atoms. The van der Waals surface area contributed by atoms with Gasteiger partial charge in [0.2, 0.25) is 0 Å². The molecule has 1 aliphatic carbocycles. The minimum atomic E-state index is -0.0701. The van der Waals surface area contributed by atoms with Crippen molar-refractivity contribution in [2.24, 2.45) is 7.05 Å². The standard InChI is InChI=1S/C13H16BrN5O/c1-18-7-10(14)6-11(18)13(20)15-4-5-19-8-16-17-12(19)9-2-3-9/h6-9H,2-5H2,1H3,(H,15,20). The Bertz CT molecular complexity index is 628. The highest BCUT2D eigenvalue weighted by Crippen LogP contribution is 2.38. The number of nitrogens with one attached hydrogen (secondary N) is 1. The summed E-state index contributed by atoms with van der Waals surface area (Å²) in [6.45, 7) is 1.27. The van der Waals surface area contributed by atoms with Gasteiger partial charge in [-0.3, -0.25) is 4.79 Å². The van der Waals surface area contributed by atoms with E-state index < -0.39 is 0 Å². The molecular weight excluding hydrogens is 322 g/mol. The molecular formula is C13H16BrN5O. The predicted molar refractivity (Wildman–Crippen MR) is 77.4 cm³/mol.